The summed E-state index contributed by atoms with van der Waals surface area (Å²) in [5.41, 5.74) is 5.76. The molecular formula is C9H12N4O. The fourth-order valence-corrected chi connectivity index (χ4v) is 1.40. The number of carbonyl (C=O) groups excluding carboxylic acids is 1. The molecule has 14 heavy (non-hydrogen) atoms. The summed E-state index contributed by atoms with van der Waals surface area (Å²) in [7, 11) is 0. The van der Waals surface area contributed by atoms with Gasteiger partial charge in [-0.1, -0.05) is 0 Å². The number of nitrogens with zero attached hydrogens (tertiary/aromatic N) is 2. The number of nitrogens with two attached hydrogens (primary N) is 1. The van der Waals surface area contributed by atoms with Gasteiger partial charge in [0.1, 0.15) is 6.33 Å². The van der Waals surface area contributed by atoms with Crippen molar-refractivity contribution >= 4 is 11.6 Å². The molecule has 74 valence electrons. The predicted octanol–water partition coefficient (Wildman–Crippen LogP) is 0.296. The largest absolute Gasteiger partial charge is 0.322 e. The van der Waals surface area contributed by atoms with Gasteiger partial charge in [0.25, 0.3) is 0 Å². The standard InChI is InChI=1S/C9H12N4O/c10-9(2-1-3-9)8(14)13-7-4-11-6-12-5-7/h4-6H,1-3,10H2,(H,13,14). The van der Waals surface area contributed by atoms with Crippen molar-refractivity contribution in [3.63, 3.8) is 0 Å². The zero-order chi connectivity index (χ0) is 10.0. The van der Waals surface area contributed by atoms with E-state index in [1.807, 2.05) is 0 Å². The van der Waals surface area contributed by atoms with Crippen LogP contribution in [-0.4, -0.2) is 21.4 Å². The van der Waals surface area contributed by atoms with Crippen molar-refractivity contribution in [2.75, 3.05) is 5.32 Å². The number of amides is 1. The van der Waals surface area contributed by atoms with Crippen molar-refractivity contribution in [3.05, 3.63) is 18.7 Å². The Morgan fingerprint density at radius 1 is 1.43 bits per heavy atom. The number of aromatic nitrogens is 2. The van der Waals surface area contributed by atoms with Gasteiger partial charge in [-0.05, 0) is 19.3 Å². The highest BCUT2D eigenvalue weighted by atomic mass is 16.2. The summed E-state index contributed by atoms with van der Waals surface area (Å²) in [6, 6.07) is 0. The van der Waals surface area contributed by atoms with E-state index in [0.717, 1.165) is 19.3 Å². The van der Waals surface area contributed by atoms with Crippen LogP contribution < -0.4 is 11.1 Å². The van der Waals surface area contributed by atoms with E-state index in [4.69, 9.17) is 5.73 Å². The molecule has 1 amide bonds. The smallest absolute Gasteiger partial charge is 0.244 e. The van der Waals surface area contributed by atoms with Gasteiger partial charge >= 0.3 is 0 Å². The number of carbonyl (C=O) groups is 1. The number of hydrogen-bond acceptors (Lipinski definition) is 4. The Morgan fingerprint density at radius 2 is 2.07 bits per heavy atom. The second kappa shape index (κ2) is 3.34. The van der Waals surface area contributed by atoms with Crippen LogP contribution in [0.25, 0.3) is 0 Å². The third-order valence-electron chi connectivity index (χ3n) is 2.52. The summed E-state index contributed by atoms with van der Waals surface area (Å²) in [6.07, 6.45) is 7.05. The average molecular weight is 192 g/mol. The summed E-state index contributed by atoms with van der Waals surface area (Å²) < 4.78 is 0. The molecule has 3 N–H and O–H groups in total. The molecule has 5 nitrogen and oxygen atoms in total. The van der Waals surface area contributed by atoms with Crippen molar-refractivity contribution < 1.29 is 4.79 Å². The quantitative estimate of drug-likeness (QED) is 0.706. The zero-order valence-electron chi connectivity index (χ0n) is 7.73. The zero-order valence-corrected chi connectivity index (χ0v) is 7.73. The normalized spacial score (nSPS) is 18.4. The molecule has 2 rings (SSSR count). The number of rotatable bonds is 2. The molecule has 1 aliphatic carbocycles. The molecule has 0 unspecified atom stereocenters. The third kappa shape index (κ3) is 1.58. The fraction of sp³-hybridized carbons (Fsp3) is 0.444. The minimum Gasteiger partial charge on any atom is -0.322 e. The van der Waals surface area contributed by atoms with Crippen LogP contribution in [0, 0.1) is 0 Å². The molecule has 1 aromatic heterocycles. The van der Waals surface area contributed by atoms with Gasteiger partial charge in [0.05, 0.1) is 23.6 Å². The molecule has 0 aromatic carbocycles. The first-order valence-corrected chi connectivity index (χ1v) is 4.56. The summed E-state index contributed by atoms with van der Waals surface area (Å²) in [5.74, 6) is -0.140. The molecule has 1 aliphatic rings. The molecule has 0 atom stereocenters. The molecule has 0 bridgehead atoms. The highest BCUT2D eigenvalue weighted by Crippen LogP contribution is 2.29. The lowest BCUT2D eigenvalue weighted by Crippen LogP contribution is -2.56. The molecule has 1 fully saturated rings. The Hall–Kier alpha value is -1.49. The summed E-state index contributed by atoms with van der Waals surface area (Å²) in [6.45, 7) is 0. The molecule has 0 saturated heterocycles. The molecule has 1 heterocycles. The number of nitrogens with one attached hydrogen (secondary N) is 1. The van der Waals surface area contributed by atoms with Gasteiger partial charge in [-0.25, -0.2) is 9.97 Å². The number of hydrogen-bond donors (Lipinski definition) is 2. The van der Waals surface area contributed by atoms with Crippen molar-refractivity contribution in [3.8, 4) is 0 Å². The van der Waals surface area contributed by atoms with Crippen molar-refractivity contribution in [1.29, 1.82) is 0 Å². The lowest BCUT2D eigenvalue weighted by molar-refractivity contribution is -0.123. The van der Waals surface area contributed by atoms with E-state index in [-0.39, 0.29) is 5.91 Å². The SMILES string of the molecule is NC1(C(=O)Nc2cncnc2)CCC1. The molecule has 0 spiro atoms. The van der Waals surface area contributed by atoms with Crippen LogP contribution in [0.2, 0.25) is 0 Å². The summed E-state index contributed by atoms with van der Waals surface area (Å²) >= 11 is 0. The second-order valence-electron chi connectivity index (χ2n) is 3.59. The van der Waals surface area contributed by atoms with Gasteiger partial charge in [-0.3, -0.25) is 4.79 Å². The van der Waals surface area contributed by atoms with Gasteiger partial charge in [0, 0.05) is 0 Å². The Labute approximate surface area is 81.7 Å². The predicted molar refractivity (Wildman–Crippen MR) is 51.4 cm³/mol. The van der Waals surface area contributed by atoms with Gasteiger partial charge in [-0.2, -0.15) is 0 Å². The molecule has 1 aromatic rings. The first-order valence-electron chi connectivity index (χ1n) is 4.56. The van der Waals surface area contributed by atoms with Crippen LogP contribution in [0.4, 0.5) is 5.69 Å². The van der Waals surface area contributed by atoms with Gasteiger partial charge < -0.3 is 11.1 Å². The Balaban J connectivity index is 2.02. The van der Waals surface area contributed by atoms with E-state index < -0.39 is 5.54 Å². The first kappa shape index (κ1) is 9.08. The maximum atomic E-state index is 11.6. The molecule has 0 radical (unpaired) electrons. The van der Waals surface area contributed by atoms with Gasteiger partial charge in [0.15, 0.2) is 0 Å². The van der Waals surface area contributed by atoms with Crippen molar-refractivity contribution in [2.45, 2.75) is 24.8 Å². The van der Waals surface area contributed by atoms with Gasteiger partial charge in [0.2, 0.25) is 5.91 Å². The third-order valence-corrected chi connectivity index (χ3v) is 2.52. The Morgan fingerprint density at radius 3 is 2.57 bits per heavy atom. The lowest BCUT2D eigenvalue weighted by atomic mass is 9.77. The first-order chi connectivity index (χ1) is 6.71. The van der Waals surface area contributed by atoms with Crippen LogP contribution in [0.3, 0.4) is 0 Å². The van der Waals surface area contributed by atoms with E-state index in [0.29, 0.717) is 5.69 Å². The molecule has 1 saturated carbocycles. The highest BCUT2D eigenvalue weighted by Gasteiger charge is 2.40. The van der Waals surface area contributed by atoms with E-state index in [1.54, 1.807) is 12.4 Å². The molecule has 5 heteroatoms. The molecular weight excluding hydrogens is 180 g/mol. The lowest BCUT2D eigenvalue weighted by Gasteiger charge is -2.36. The highest BCUT2D eigenvalue weighted by molar-refractivity contribution is 5.98. The van der Waals surface area contributed by atoms with E-state index in [9.17, 15) is 4.79 Å². The Bertz CT molecular complexity index is 334. The Kier molecular flexibility index (Phi) is 2.17. The van der Waals surface area contributed by atoms with E-state index >= 15 is 0 Å². The fourth-order valence-electron chi connectivity index (χ4n) is 1.40. The maximum Gasteiger partial charge on any atom is 0.244 e. The van der Waals surface area contributed by atoms with Crippen molar-refractivity contribution in [2.24, 2.45) is 5.73 Å². The summed E-state index contributed by atoms with van der Waals surface area (Å²) in [4.78, 5) is 19.2. The summed E-state index contributed by atoms with van der Waals surface area (Å²) in [5, 5.41) is 2.70. The number of anilines is 1. The van der Waals surface area contributed by atoms with Crippen LogP contribution in [-0.2, 0) is 4.79 Å². The maximum absolute atomic E-state index is 11.6. The minimum atomic E-state index is -0.671. The topological polar surface area (TPSA) is 80.9 Å². The molecule has 0 aliphatic heterocycles. The second-order valence-corrected chi connectivity index (χ2v) is 3.59. The average Bonchev–Trinajstić information content (AvgIpc) is 2.15. The van der Waals surface area contributed by atoms with Crippen LogP contribution in [0.5, 0.6) is 0 Å². The monoisotopic (exact) mass is 192 g/mol. The van der Waals surface area contributed by atoms with Crippen LogP contribution in [0.15, 0.2) is 18.7 Å². The minimum absolute atomic E-state index is 0.140. The van der Waals surface area contributed by atoms with Crippen LogP contribution in [0.1, 0.15) is 19.3 Å². The van der Waals surface area contributed by atoms with Gasteiger partial charge in [-0.15, -0.1) is 0 Å². The van der Waals surface area contributed by atoms with Crippen LogP contribution >= 0.6 is 0 Å². The van der Waals surface area contributed by atoms with E-state index in [2.05, 4.69) is 15.3 Å². The van der Waals surface area contributed by atoms with Crippen molar-refractivity contribution in [1.82, 2.24) is 9.97 Å². The van der Waals surface area contributed by atoms with E-state index in [1.165, 1.54) is 6.33 Å².